The zero-order chi connectivity index (χ0) is 24.6. The van der Waals surface area contributed by atoms with Gasteiger partial charge in [-0.3, -0.25) is 9.48 Å². The van der Waals surface area contributed by atoms with Crippen LogP contribution in [0.25, 0.3) is 11.3 Å². The van der Waals surface area contributed by atoms with Crippen LogP contribution in [0.15, 0.2) is 42.5 Å². The van der Waals surface area contributed by atoms with E-state index in [1.807, 2.05) is 0 Å². The lowest BCUT2D eigenvalue weighted by Crippen LogP contribution is -2.42. The minimum absolute atomic E-state index is 0.0329. The fourth-order valence-electron chi connectivity index (χ4n) is 3.73. The molecule has 0 bridgehead atoms. The van der Waals surface area contributed by atoms with Gasteiger partial charge in [0.05, 0.1) is 41.5 Å². The van der Waals surface area contributed by atoms with E-state index in [4.69, 9.17) is 11.0 Å². The van der Waals surface area contributed by atoms with E-state index >= 15 is 0 Å². The SMILES string of the molecule is N#Cc1ccc(NC(=O)c2c(-c3cccc(F)c3)nn3c2CN(C(N)=O)CC3)cc1C(F)(F)F. The molecule has 2 aromatic carbocycles. The summed E-state index contributed by atoms with van der Waals surface area (Å²) in [5, 5.41) is 15.8. The molecule has 34 heavy (non-hydrogen) atoms. The van der Waals surface area contributed by atoms with Crippen LogP contribution in [0.2, 0.25) is 0 Å². The molecule has 0 radical (unpaired) electrons. The second-order valence-electron chi connectivity index (χ2n) is 7.49. The maximum Gasteiger partial charge on any atom is 0.417 e. The third-order valence-corrected chi connectivity index (χ3v) is 5.32. The van der Waals surface area contributed by atoms with Crippen molar-refractivity contribution in [2.24, 2.45) is 5.73 Å². The van der Waals surface area contributed by atoms with E-state index in [9.17, 15) is 27.2 Å². The fraction of sp³-hybridized carbons (Fsp3) is 0.182. The summed E-state index contributed by atoms with van der Waals surface area (Å²) in [6.45, 7) is 0.378. The Bertz CT molecular complexity index is 1340. The number of hydrogen-bond donors (Lipinski definition) is 2. The van der Waals surface area contributed by atoms with Gasteiger partial charge in [0, 0.05) is 17.8 Å². The third kappa shape index (κ3) is 4.27. The molecule has 0 unspecified atom stereocenters. The summed E-state index contributed by atoms with van der Waals surface area (Å²) in [5.74, 6) is -1.39. The Morgan fingerprint density at radius 3 is 2.56 bits per heavy atom. The van der Waals surface area contributed by atoms with Gasteiger partial charge in [-0.2, -0.15) is 23.5 Å². The highest BCUT2D eigenvalue weighted by atomic mass is 19.4. The van der Waals surface area contributed by atoms with Crippen LogP contribution in [0.5, 0.6) is 0 Å². The summed E-state index contributed by atoms with van der Waals surface area (Å²) in [6.07, 6.45) is -4.81. The number of aromatic nitrogens is 2. The third-order valence-electron chi connectivity index (χ3n) is 5.32. The van der Waals surface area contributed by atoms with E-state index in [0.717, 1.165) is 6.07 Å². The predicted molar refractivity (Wildman–Crippen MR) is 112 cm³/mol. The van der Waals surface area contributed by atoms with Crippen LogP contribution in [0.1, 0.15) is 27.2 Å². The van der Waals surface area contributed by atoms with Gasteiger partial charge in [-0.05, 0) is 30.3 Å². The van der Waals surface area contributed by atoms with Crippen LogP contribution in [-0.4, -0.2) is 33.2 Å². The molecule has 3 N–H and O–H groups in total. The van der Waals surface area contributed by atoms with Gasteiger partial charge in [-0.25, -0.2) is 9.18 Å². The molecule has 0 saturated heterocycles. The number of halogens is 4. The molecule has 1 aliphatic heterocycles. The normalized spacial score (nSPS) is 13.2. The minimum atomic E-state index is -4.81. The maximum atomic E-state index is 13.9. The molecule has 0 spiro atoms. The van der Waals surface area contributed by atoms with Gasteiger partial charge >= 0.3 is 12.2 Å². The number of benzene rings is 2. The van der Waals surface area contributed by atoms with Crippen molar-refractivity contribution in [3.05, 3.63) is 70.7 Å². The second kappa shape index (κ2) is 8.51. The zero-order valence-electron chi connectivity index (χ0n) is 17.4. The highest BCUT2D eigenvalue weighted by Gasteiger charge is 2.35. The molecule has 1 aromatic heterocycles. The molecule has 4 rings (SSSR count). The molecule has 0 atom stereocenters. The number of nitrogens with two attached hydrogens (primary N) is 1. The first-order chi connectivity index (χ1) is 16.1. The molecule has 8 nitrogen and oxygen atoms in total. The lowest BCUT2D eigenvalue weighted by Gasteiger charge is -2.26. The van der Waals surface area contributed by atoms with Gasteiger partial charge in [0.25, 0.3) is 5.91 Å². The van der Waals surface area contributed by atoms with E-state index in [0.29, 0.717) is 11.8 Å². The van der Waals surface area contributed by atoms with Gasteiger partial charge < -0.3 is 16.0 Å². The Balaban J connectivity index is 1.79. The van der Waals surface area contributed by atoms with Crippen molar-refractivity contribution in [3.63, 3.8) is 0 Å². The number of amides is 3. The van der Waals surface area contributed by atoms with E-state index in [1.165, 1.54) is 46.0 Å². The summed E-state index contributed by atoms with van der Waals surface area (Å²) in [6, 6.07) is 8.87. The maximum absolute atomic E-state index is 13.9. The summed E-state index contributed by atoms with van der Waals surface area (Å²) < 4.78 is 55.3. The van der Waals surface area contributed by atoms with Crippen LogP contribution < -0.4 is 11.1 Å². The summed E-state index contributed by atoms with van der Waals surface area (Å²) >= 11 is 0. The van der Waals surface area contributed by atoms with Gasteiger partial charge in [0.2, 0.25) is 0 Å². The number of nitriles is 1. The lowest BCUT2D eigenvalue weighted by atomic mass is 10.0. The monoisotopic (exact) mass is 472 g/mol. The number of nitrogens with zero attached hydrogens (tertiary/aromatic N) is 4. The number of hydrogen-bond acceptors (Lipinski definition) is 4. The number of nitrogens with one attached hydrogen (secondary N) is 1. The smallest absolute Gasteiger partial charge is 0.351 e. The van der Waals surface area contributed by atoms with Crippen LogP contribution in [0.3, 0.4) is 0 Å². The summed E-state index contributed by atoms with van der Waals surface area (Å²) in [5.41, 5.74) is 4.01. The topological polar surface area (TPSA) is 117 Å². The first kappa shape index (κ1) is 22.8. The van der Waals surface area contributed by atoms with Crippen LogP contribution >= 0.6 is 0 Å². The molecular weight excluding hydrogens is 456 g/mol. The number of carbonyl (C=O) groups excluding carboxylic acids is 2. The largest absolute Gasteiger partial charge is 0.417 e. The molecule has 0 aliphatic carbocycles. The lowest BCUT2D eigenvalue weighted by molar-refractivity contribution is -0.137. The molecule has 174 valence electrons. The first-order valence-corrected chi connectivity index (χ1v) is 9.91. The molecule has 1 aliphatic rings. The average molecular weight is 472 g/mol. The minimum Gasteiger partial charge on any atom is -0.351 e. The van der Waals surface area contributed by atoms with Gasteiger partial charge in [-0.1, -0.05) is 12.1 Å². The van der Waals surface area contributed by atoms with E-state index in [-0.39, 0.29) is 42.1 Å². The van der Waals surface area contributed by atoms with Crippen molar-refractivity contribution >= 4 is 17.6 Å². The number of anilines is 1. The Morgan fingerprint density at radius 2 is 1.91 bits per heavy atom. The first-order valence-electron chi connectivity index (χ1n) is 9.91. The number of fused-ring (bicyclic) bond motifs is 1. The Labute approximate surface area is 190 Å². The molecule has 12 heteroatoms. The average Bonchev–Trinajstić information content (AvgIpc) is 3.17. The Hall–Kier alpha value is -4.40. The van der Waals surface area contributed by atoms with Crippen molar-refractivity contribution in [1.82, 2.24) is 14.7 Å². The van der Waals surface area contributed by atoms with Crippen molar-refractivity contribution in [1.29, 1.82) is 5.26 Å². The standard InChI is InChI=1S/C22H16F4N6O2/c23-14-3-1-2-12(8-14)19-18(17-11-31(21(28)34)6-7-32(17)30-19)20(33)29-15-5-4-13(10-27)16(9-15)22(24,25)26/h1-5,8-9H,6-7,11H2,(H2,28,34)(H,29,33). The highest BCUT2D eigenvalue weighted by molar-refractivity contribution is 6.09. The Kier molecular flexibility index (Phi) is 5.70. The quantitative estimate of drug-likeness (QED) is 0.565. The highest BCUT2D eigenvalue weighted by Crippen LogP contribution is 2.34. The van der Waals surface area contributed by atoms with E-state index in [1.54, 1.807) is 0 Å². The summed E-state index contributed by atoms with van der Waals surface area (Å²) in [7, 11) is 0. The molecule has 3 aromatic rings. The number of primary amides is 1. The van der Waals surface area contributed by atoms with Crippen molar-refractivity contribution in [2.45, 2.75) is 19.3 Å². The number of carbonyl (C=O) groups is 2. The van der Waals surface area contributed by atoms with Crippen LogP contribution in [0, 0.1) is 17.1 Å². The molecular formula is C22H16F4N6O2. The number of urea groups is 1. The van der Waals surface area contributed by atoms with E-state index < -0.39 is 35.1 Å². The number of alkyl halides is 3. The summed E-state index contributed by atoms with van der Waals surface area (Å²) in [4.78, 5) is 26.2. The Morgan fingerprint density at radius 1 is 1.15 bits per heavy atom. The molecule has 2 heterocycles. The van der Waals surface area contributed by atoms with E-state index in [2.05, 4.69) is 10.4 Å². The van der Waals surface area contributed by atoms with Gasteiger partial charge in [-0.15, -0.1) is 0 Å². The van der Waals surface area contributed by atoms with Gasteiger partial charge in [0.1, 0.15) is 11.5 Å². The van der Waals surface area contributed by atoms with Crippen LogP contribution in [0.4, 0.5) is 28.0 Å². The second-order valence-corrected chi connectivity index (χ2v) is 7.49. The molecule has 0 fully saturated rings. The molecule has 3 amide bonds. The fourth-order valence-corrected chi connectivity index (χ4v) is 3.73. The van der Waals surface area contributed by atoms with Gasteiger partial charge in [0.15, 0.2) is 0 Å². The zero-order valence-corrected chi connectivity index (χ0v) is 17.4. The van der Waals surface area contributed by atoms with Crippen molar-refractivity contribution in [2.75, 3.05) is 11.9 Å². The van der Waals surface area contributed by atoms with Crippen molar-refractivity contribution in [3.8, 4) is 17.3 Å². The predicted octanol–water partition coefficient (Wildman–Crippen LogP) is 3.73. The number of rotatable bonds is 3. The van der Waals surface area contributed by atoms with Crippen molar-refractivity contribution < 1.29 is 27.2 Å². The van der Waals surface area contributed by atoms with Crippen LogP contribution in [-0.2, 0) is 19.3 Å². The molecule has 0 saturated carbocycles.